The Kier molecular flexibility index (Phi) is 3.50. The van der Waals surface area contributed by atoms with Gasteiger partial charge in [0, 0.05) is 18.0 Å². The van der Waals surface area contributed by atoms with E-state index >= 15 is 0 Å². The molecule has 0 unspecified atom stereocenters. The van der Waals surface area contributed by atoms with Crippen molar-refractivity contribution in [1.29, 1.82) is 0 Å². The third-order valence-electron chi connectivity index (χ3n) is 2.03. The van der Waals surface area contributed by atoms with Gasteiger partial charge in [-0.3, -0.25) is 4.79 Å². The average Bonchev–Trinajstić information content (AvgIpc) is 2.11. The zero-order valence-corrected chi connectivity index (χ0v) is 9.55. The highest BCUT2D eigenvalue weighted by atomic mass is 19.1. The molecule has 0 saturated heterocycles. The topological polar surface area (TPSA) is 94.0 Å². The molecule has 94 valence electrons. The number of aromatic nitrogens is 1. The largest absolute Gasteiger partial charge is 0.381 e. The van der Waals surface area contributed by atoms with E-state index in [2.05, 4.69) is 10.3 Å². The summed E-state index contributed by atoms with van der Waals surface area (Å²) in [6.07, 6.45) is -0.0224. The lowest BCUT2D eigenvalue weighted by Crippen LogP contribution is -2.36. The van der Waals surface area contributed by atoms with Gasteiger partial charge in [0.05, 0.1) is 0 Å². The number of nitrogens with zero attached hydrogens (tertiary/aromatic N) is 1. The lowest BCUT2D eigenvalue weighted by molar-refractivity contribution is -0.118. The van der Waals surface area contributed by atoms with Gasteiger partial charge in [-0.05, 0) is 13.8 Å². The first-order chi connectivity index (χ1) is 7.71. The normalized spacial score (nSPS) is 11.3. The minimum absolute atomic E-state index is 0.0224. The maximum Gasteiger partial charge on any atom is 0.219 e. The van der Waals surface area contributed by atoms with Crippen LogP contribution in [0.5, 0.6) is 0 Å². The number of nitrogens with two attached hydrogens (primary N) is 2. The molecule has 5 N–H and O–H groups in total. The average molecular weight is 244 g/mol. The monoisotopic (exact) mass is 244 g/mol. The van der Waals surface area contributed by atoms with Crippen molar-refractivity contribution in [3.63, 3.8) is 0 Å². The summed E-state index contributed by atoms with van der Waals surface area (Å²) in [5.41, 5.74) is 9.47. The van der Waals surface area contributed by atoms with E-state index in [0.717, 1.165) is 0 Å². The van der Waals surface area contributed by atoms with E-state index in [4.69, 9.17) is 11.5 Å². The van der Waals surface area contributed by atoms with Crippen LogP contribution in [0.25, 0.3) is 0 Å². The molecule has 1 heterocycles. The second kappa shape index (κ2) is 4.52. The van der Waals surface area contributed by atoms with Crippen LogP contribution in [0.3, 0.4) is 0 Å². The molecule has 7 heteroatoms. The van der Waals surface area contributed by atoms with E-state index in [1.165, 1.54) is 0 Å². The molecular weight excluding hydrogens is 230 g/mol. The van der Waals surface area contributed by atoms with E-state index in [9.17, 15) is 13.6 Å². The molecule has 0 aromatic carbocycles. The molecule has 5 nitrogen and oxygen atoms in total. The van der Waals surface area contributed by atoms with E-state index < -0.39 is 28.9 Å². The number of primary amides is 1. The first-order valence-electron chi connectivity index (χ1n) is 4.89. The van der Waals surface area contributed by atoms with Crippen LogP contribution in [0, 0.1) is 11.6 Å². The highest BCUT2D eigenvalue weighted by Gasteiger charge is 2.23. The number of amides is 1. The Morgan fingerprint density at radius 3 is 2.59 bits per heavy atom. The van der Waals surface area contributed by atoms with Gasteiger partial charge in [0.1, 0.15) is 0 Å². The van der Waals surface area contributed by atoms with E-state index in [1.807, 2.05) is 0 Å². The molecule has 0 radical (unpaired) electrons. The maximum absolute atomic E-state index is 13.4. The smallest absolute Gasteiger partial charge is 0.219 e. The van der Waals surface area contributed by atoms with Crippen molar-refractivity contribution in [3.05, 3.63) is 17.7 Å². The summed E-state index contributed by atoms with van der Waals surface area (Å²) in [5.74, 6) is -2.98. The Bertz CT molecular complexity index is 448. The molecule has 0 bridgehead atoms. The number of carbonyl (C=O) groups excluding carboxylic acids is 1. The van der Waals surface area contributed by atoms with Gasteiger partial charge >= 0.3 is 0 Å². The van der Waals surface area contributed by atoms with Gasteiger partial charge in [0.2, 0.25) is 5.91 Å². The van der Waals surface area contributed by atoms with Gasteiger partial charge in [-0.2, -0.15) is 0 Å². The molecule has 1 aromatic rings. The molecule has 17 heavy (non-hydrogen) atoms. The predicted octanol–water partition coefficient (Wildman–Crippen LogP) is 1.01. The van der Waals surface area contributed by atoms with Crippen LogP contribution in [-0.2, 0) is 4.79 Å². The van der Waals surface area contributed by atoms with Crippen LogP contribution in [0.4, 0.5) is 20.4 Å². The number of anilines is 2. The number of pyridine rings is 1. The summed E-state index contributed by atoms with van der Waals surface area (Å²) in [4.78, 5) is 14.3. The van der Waals surface area contributed by atoms with Crippen LogP contribution in [-0.4, -0.2) is 16.4 Å². The summed E-state index contributed by atoms with van der Waals surface area (Å²) in [6.45, 7) is 3.27. The molecule has 0 atom stereocenters. The van der Waals surface area contributed by atoms with Crippen molar-refractivity contribution in [2.24, 2.45) is 5.73 Å². The molecule has 0 aliphatic heterocycles. The van der Waals surface area contributed by atoms with Crippen molar-refractivity contribution in [1.82, 2.24) is 4.98 Å². The van der Waals surface area contributed by atoms with Crippen molar-refractivity contribution >= 4 is 17.5 Å². The Morgan fingerprint density at radius 1 is 1.47 bits per heavy atom. The molecule has 0 saturated carbocycles. The lowest BCUT2D eigenvalue weighted by Gasteiger charge is -2.25. The fourth-order valence-corrected chi connectivity index (χ4v) is 1.37. The summed E-state index contributed by atoms with van der Waals surface area (Å²) < 4.78 is 26.2. The minimum Gasteiger partial charge on any atom is -0.381 e. The summed E-state index contributed by atoms with van der Waals surface area (Å²) in [5, 5.41) is 2.65. The van der Waals surface area contributed by atoms with Gasteiger partial charge in [0.25, 0.3) is 0 Å². The van der Waals surface area contributed by atoms with Crippen LogP contribution in [0.1, 0.15) is 20.3 Å². The maximum atomic E-state index is 13.4. The second-order valence-corrected chi connectivity index (χ2v) is 4.34. The van der Waals surface area contributed by atoms with Gasteiger partial charge < -0.3 is 16.8 Å². The van der Waals surface area contributed by atoms with Crippen molar-refractivity contribution < 1.29 is 13.6 Å². The lowest BCUT2D eigenvalue weighted by atomic mass is 10.0. The van der Waals surface area contributed by atoms with E-state index in [-0.39, 0.29) is 12.2 Å². The van der Waals surface area contributed by atoms with Crippen LogP contribution >= 0.6 is 0 Å². The van der Waals surface area contributed by atoms with Crippen LogP contribution in [0.15, 0.2) is 6.07 Å². The Hall–Kier alpha value is -1.92. The van der Waals surface area contributed by atoms with Crippen LogP contribution < -0.4 is 16.8 Å². The van der Waals surface area contributed by atoms with E-state index in [1.54, 1.807) is 13.8 Å². The molecule has 1 rings (SSSR count). The number of nitrogen functional groups attached to an aromatic ring is 1. The number of halogens is 2. The quantitative estimate of drug-likeness (QED) is 0.736. The Labute approximate surface area is 97.2 Å². The molecule has 1 aromatic heterocycles. The molecule has 0 aliphatic carbocycles. The van der Waals surface area contributed by atoms with Gasteiger partial charge in [-0.25, -0.2) is 13.8 Å². The fraction of sp³-hybridized carbons (Fsp3) is 0.400. The Morgan fingerprint density at radius 2 is 2.06 bits per heavy atom. The fourth-order valence-electron chi connectivity index (χ4n) is 1.37. The highest BCUT2D eigenvalue weighted by Crippen LogP contribution is 2.21. The zero-order chi connectivity index (χ0) is 13.2. The highest BCUT2D eigenvalue weighted by molar-refractivity contribution is 5.75. The first-order valence-corrected chi connectivity index (χ1v) is 4.89. The third kappa shape index (κ3) is 3.54. The summed E-state index contributed by atoms with van der Waals surface area (Å²) in [7, 11) is 0. The van der Waals surface area contributed by atoms with Crippen molar-refractivity contribution in [2.75, 3.05) is 11.1 Å². The Balaban J connectivity index is 2.95. The predicted molar refractivity (Wildman–Crippen MR) is 60.1 cm³/mol. The van der Waals surface area contributed by atoms with Crippen molar-refractivity contribution in [2.45, 2.75) is 25.8 Å². The molecule has 0 fully saturated rings. The molecule has 1 amide bonds. The third-order valence-corrected chi connectivity index (χ3v) is 2.03. The number of hydrogen-bond acceptors (Lipinski definition) is 4. The number of rotatable bonds is 4. The SMILES string of the molecule is CC(C)(CC(N)=O)Nc1nc(N)c(F)cc1F. The van der Waals surface area contributed by atoms with E-state index in [0.29, 0.717) is 6.07 Å². The number of nitrogens with one attached hydrogen (secondary N) is 1. The van der Waals surface area contributed by atoms with Crippen LogP contribution in [0.2, 0.25) is 0 Å². The second-order valence-electron chi connectivity index (χ2n) is 4.34. The van der Waals surface area contributed by atoms with Gasteiger partial charge in [0.15, 0.2) is 23.3 Å². The number of carbonyl (C=O) groups is 1. The summed E-state index contributed by atoms with van der Waals surface area (Å²) >= 11 is 0. The minimum atomic E-state index is -0.930. The first kappa shape index (κ1) is 13.1. The standard InChI is InChI=1S/C10H14F2N4O/c1-10(2,4-7(13)17)16-9-6(12)3-5(11)8(14)15-9/h3H,4H2,1-2H3,(H2,13,17)(H3,14,15,16). The summed E-state index contributed by atoms with van der Waals surface area (Å²) in [6, 6.07) is 0.630. The molecular formula is C10H14F2N4O. The zero-order valence-electron chi connectivity index (χ0n) is 9.55. The van der Waals surface area contributed by atoms with Gasteiger partial charge in [-0.1, -0.05) is 0 Å². The molecule has 0 aliphatic rings. The molecule has 0 spiro atoms. The number of hydrogen-bond donors (Lipinski definition) is 3. The van der Waals surface area contributed by atoms with Gasteiger partial charge in [-0.15, -0.1) is 0 Å². The van der Waals surface area contributed by atoms with Crippen molar-refractivity contribution in [3.8, 4) is 0 Å².